The molecule has 0 aliphatic heterocycles. The molecule has 1 aliphatic rings. The van der Waals surface area contributed by atoms with E-state index in [-0.39, 0.29) is 0 Å². The van der Waals surface area contributed by atoms with E-state index in [9.17, 15) is 0 Å². The summed E-state index contributed by atoms with van der Waals surface area (Å²) in [5.74, 6) is 2.18. The van der Waals surface area contributed by atoms with E-state index in [4.69, 9.17) is 15.2 Å². The summed E-state index contributed by atoms with van der Waals surface area (Å²) in [5.41, 5.74) is 8.05. The van der Waals surface area contributed by atoms with Crippen molar-refractivity contribution in [2.75, 3.05) is 20.8 Å². The van der Waals surface area contributed by atoms with E-state index in [1.54, 1.807) is 14.2 Å². The van der Waals surface area contributed by atoms with E-state index in [0.717, 1.165) is 43.7 Å². The Kier molecular flexibility index (Phi) is 4.69. The molecule has 0 bridgehead atoms. The van der Waals surface area contributed by atoms with Gasteiger partial charge in [0.1, 0.15) is 0 Å². The predicted octanol–water partition coefficient (Wildman–Crippen LogP) is 2.34. The molecule has 3 nitrogen and oxygen atoms in total. The van der Waals surface area contributed by atoms with Gasteiger partial charge < -0.3 is 15.2 Å². The van der Waals surface area contributed by atoms with Crippen LogP contribution in [0.15, 0.2) is 22.7 Å². The van der Waals surface area contributed by atoms with Crippen LogP contribution in [-0.4, -0.2) is 20.8 Å². The van der Waals surface area contributed by atoms with Gasteiger partial charge in [-0.3, -0.25) is 0 Å². The Morgan fingerprint density at radius 1 is 1.13 bits per heavy atom. The highest BCUT2D eigenvalue weighted by Gasteiger charge is 2.19. The van der Waals surface area contributed by atoms with Crippen molar-refractivity contribution in [3.8, 4) is 0 Å². The Morgan fingerprint density at radius 2 is 1.73 bits per heavy atom. The molecule has 0 heterocycles. The number of hydrogen-bond donors (Lipinski definition) is 1. The molecule has 0 aromatic heterocycles. The van der Waals surface area contributed by atoms with Crippen LogP contribution in [0.4, 0.5) is 0 Å². The van der Waals surface area contributed by atoms with Crippen molar-refractivity contribution in [3.63, 3.8) is 0 Å². The van der Waals surface area contributed by atoms with Gasteiger partial charge in [0.15, 0.2) is 0 Å². The SMILES string of the molecule is COC1=C(C)C(CCCN)=C(OC)CC1. The minimum absolute atomic E-state index is 0.718. The summed E-state index contributed by atoms with van der Waals surface area (Å²) in [7, 11) is 3.47. The average Bonchev–Trinajstić information content (AvgIpc) is 2.27. The van der Waals surface area contributed by atoms with Crippen LogP contribution in [0.3, 0.4) is 0 Å². The third-order valence-electron chi connectivity index (χ3n) is 2.91. The number of ether oxygens (including phenoxy) is 2. The molecule has 2 N–H and O–H groups in total. The summed E-state index contributed by atoms with van der Waals surface area (Å²) < 4.78 is 10.8. The highest BCUT2D eigenvalue weighted by Crippen LogP contribution is 2.33. The zero-order valence-corrected chi connectivity index (χ0v) is 9.93. The molecular weight excluding hydrogens is 190 g/mol. The van der Waals surface area contributed by atoms with Crippen molar-refractivity contribution < 1.29 is 9.47 Å². The van der Waals surface area contributed by atoms with Crippen molar-refractivity contribution >= 4 is 0 Å². The Labute approximate surface area is 91.9 Å². The molecule has 86 valence electrons. The lowest BCUT2D eigenvalue weighted by atomic mass is 9.92. The van der Waals surface area contributed by atoms with E-state index < -0.39 is 0 Å². The molecule has 1 rings (SSSR count). The van der Waals surface area contributed by atoms with Crippen LogP contribution in [0, 0.1) is 0 Å². The Morgan fingerprint density at radius 3 is 2.27 bits per heavy atom. The zero-order valence-electron chi connectivity index (χ0n) is 9.93. The predicted molar refractivity (Wildman–Crippen MR) is 61.3 cm³/mol. The minimum atomic E-state index is 0.718. The van der Waals surface area contributed by atoms with Crippen molar-refractivity contribution in [2.45, 2.75) is 32.6 Å². The van der Waals surface area contributed by atoms with Crippen LogP contribution in [-0.2, 0) is 9.47 Å². The normalized spacial score (nSPS) is 17.1. The first-order valence-electron chi connectivity index (χ1n) is 5.44. The summed E-state index contributed by atoms with van der Waals surface area (Å²) in [5, 5.41) is 0. The maximum absolute atomic E-state index is 5.53. The van der Waals surface area contributed by atoms with Gasteiger partial charge in [-0.15, -0.1) is 0 Å². The second kappa shape index (κ2) is 5.81. The van der Waals surface area contributed by atoms with Crippen molar-refractivity contribution in [3.05, 3.63) is 22.7 Å². The summed E-state index contributed by atoms with van der Waals surface area (Å²) in [6.07, 6.45) is 3.86. The first kappa shape index (κ1) is 12.1. The lowest BCUT2D eigenvalue weighted by Crippen LogP contribution is -2.09. The number of nitrogens with two attached hydrogens (primary N) is 1. The first-order chi connectivity index (χ1) is 7.24. The van der Waals surface area contributed by atoms with Crippen LogP contribution < -0.4 is 5.73 Å². The van der Waals surface area contributed by atoms with Crippen LogP contribution in [0.5, 0.6) is 0 Å². The van der Waals surface area contributed by atoms with Gasteiger partial charge in [0.05, 0.1) is 25.7 Å². The third kappa shape index (κ3) is 2.75. The van der Waals surface area contributed by atoms with E-state index in [0.29, 0.717) is 0 Å². The second-order valence-electron chi connectivity index (χ2n) is 3.75. The molecule has 0 atom stereocenters. The molecule has 0 aromatic rings. The fourth-order valence-electron chi connectivity index (χ4n) is 2.03. The summed E-state index contributed by atoms with van der Waals surface area (Å²) >= 11 is 0. The van der Waals surface area contributed by atoms with E-state index >= 15 is 0 Å². The first-order valence-corrected chi connectivity index (χ1v) is 5.44. The van der Waals surface area contributed by atoms with Gasteiger partial charge in [0.2, 0.25) is 0 Å². The molecule has 3 heteroatoms. The highest BCUT2D eigenvalue weighted by atomic mass is 16.5. The Balaban J connectivity index is 2.89. The topological polar surface area (TPSA) is 44.5 Å². The average molecular weight is 211 g/mol. The number of methoxy groups -OCH3 is 2. The van der Waals surface area contributed by atoms with Crippen LogP contribution in [0.25, 0.3) is 0 Å². The molecule has 0 spiro atoms. The second-order valence-corrected chi connectivity index (χ2v) is 3.75. The fourth-order valence-corrected chi connectivity index (χ4v) is 2.03. The summed E-state index contributed by atoms with van der Waals surface area (Å²) in [6, 6.07) is 0. The number of hydrogen-bond acceptors (Lipinski definition) is 3. The van der Waals surface area contributed by atoms with Gasteiger partial charge in [-0.25, -0.2) is 0 Å². The van der Waals surface area contributed by atoms with E-state index in [1.165, 1.54) is 11.1 Å². The molecular formula is C12H21NO2. The molecule has 1 aliphatic carbocycles. The van der Waals surface area contributed by atoms with Crippen LogP contribution in [0.2, 0.25) is 0 Å². The standard InChI is InChI=1S/C12H21NO2/c1-9-10(5-4-8-13)12(15-3)7-6-11(9)14-2/h4-8,13H2,1-3H3. The summed E-state index contributed by atoms with van der Waals surface area (Å²) in [6.45, 7) is 2.82. The van der Waals surface area contributed by atoms with Gasteiger partial charge in [-0.2, -0.15) is 0 Å². The molecule has 0 saturated carbocycles. The maximum Gasteiger partial charge on any atom is 0.0995 e. The molecule has 0 fully saturated rings. The maximum atomic E-state index is 5.53. The molecule has 0 saturated heterocycles. The van der Waals surface area contributed by atoms with Gasteiger partial charge in [0.25, 0.3) is 0 Å². The summed E-state index contributed by atoms with van der Waals surface area (Å²) in [4.78, 5) is 0. The largest absolute Gasteiger partial charge is 0.501 e. The molecule has 0 amide bonds. The zero-order chi connectivity index (χ0) is 11.3. The van der Waals surface area contributed by atoms with E-state index in [1.807, 2.05) is 0 Å². The highest BCUT2D eigenvalue weighted by molar-refractivity contribution is 5.37. The lowest BCUT2D eigenvalue weighted by molar-refractivity contribution is 0.235. The van der Waals surface area contributed by atoms with Gasteiger partial charge in [0, 0.05) is 12.8 Å². The quantitative estimate of drug-likeness (QED) is 0.759. The van der Waals surface area contributed by atoms with Crippen molar-refractivity contribution in [1.82, 2.24) is 0 Å². The molecule has 0 unspecified atom stereocenters. The van der Waals surface area contributed by atoms with Crippen LogP contribution >= 0.6 is 0 Å². The molecule has 0 radical (unpaired) electrons. The van der Waals surface area contributed by atoms with Gasteiger partial charge in [-0.05, 0) is 37.5 Å². The van der Waals surface area contributed by atoms with E-state index in [2.05, 4.69) is 6.92 Å². The van der Waals surface area contributed by atoms with Crippen molar-refractivity contribution in [1.29, 1.82) is 0 Å². The Bertz CT molecular complexity index is 279. The minimum Gasteiger partial charge on any atom is -0.501 e. The van der Waals surface area contributed by atoms with Crippen molar-refractivity contribution in [2.24, 2.45) is 5.73 Å². The fraction of sp³-hybridized carbons (Fsp3) is 0.667. The number of rotatable bonds is 5. The van der Waals surface area contributed by atoms with Gasteiger partial charge in [-0.1, -0.05) is 0 Å². The molecule has 15 heavy (non-hydrogen) atoms. The molecule has 0 aromatic carbocycles. The third-order valence-corrected chi connectivity index (χ3v) is 2.91. The monoisotopic (exact) mass is 211 g/mol. The lowest BCUT2D eigenvalue weighted by Gasteiger charge is -2.22. The Hall–Kier alpha value is -0.960. The van der Waals surface area contributed by atoms with Crippen LogP contribution in [0.1, 0.15) is 32.6 Å². The smallest absolute Gasteiger partial charge is 0.0995 e. The van der Waals surface area contributed by atoms with Gasteiger partial charge >= 0.3 is 0 Å². The number of allylic oxidation sites excluding steroid dienone is 4.